The minimum absolute atomic E-state index is 0. The Kier molecular flexibility index (Phi) is 9.71. The third kappa shape index (κ3) is 6.25. The van der Waals surface area contributed by atoms with Crippen molar-refractivity contribution in [2.45, 2.75) is 6.04 Å². The first-order valence-corrected chi connectivity index (χ1v) is 10.2. The van der Waals surface area contributed by atoms with Crippen LogP contribution in [-0.2, 0) is 0 Å². The highest BCUT2D eigenvalue weighted by Gasteiger charge is 2.21. The highest BCUT2D eigenvalue weighted by atomic mass is 127. The first kappa shape index (κ1) is 24.3. The molecule has 0 radical (unpaired) electrons. The lowest BCUT2D eigenvalue weighted by molar-refractivity contribution is 0.291. The highest BCUT2D eigenvalue weighted by Crippen LogP contribution is 2.22. The fourth-order valence-corrected chi connectivity index (χ4v) is 3.78. The van der Waals surface area contributed by atoms with E-state index < -0.39 is 0 Å². The number of hydrogen-bond donors (Lipinski definition) is 1. The number of nitrogens with zero attached hydrogens (tertiary/aromatic N) is 4. The lowest BCUT2D eigenvalue weighted by Gasteiger charge is -2.38. The van der Waals surface area contributed by atoms with Gasteiger partial charge in [0, 0.05) is 45.5 Å². The summed E-state index contributed by atoms with van der Waals surface area (Å²) < 4.78 is 5.40. The van der Waals surface area contributed by atoms with E-state index in [1.807, 2.05) is 19.2 Å². The predicted octanol–water partition coefficient (Wildman–Crippen LogP) is 3.31. The van der Waals surface area contributed by atoms with E-state index in [9.17, 15) is 0 Å². The average molecular weight is 523 g/mol. The van der Waals surface area contributed by atoms with Gasteiger partial charge < -0.3 is 24.8 Å². The largest absolute Gasteiger partial charge is 0.497 e. The van der Waals surface area contributed by atoms with Crippen molar-refractivity contribution in [2.75, 3.05) is 65.9 Å². The molecule has 0 spiro atoms. The summed E-state index contributed by atoms with van der Waals surface area (Å²) in [6.45, 7) is 4.70. The van der Waals surface area contributed by atoms with Crippen LogP contribution in [0, 0.1) is 0 Å². The predicted molar refractivity (Wildman–Crippen MR) is 136 cm³/mol. The minimum atomic E-state index is 0. The molecule has 1 heterocycles. The molecule has 2 aromatic carbocycles. The van der Waals surface area contributed by atoms with Crippen LogP contribution in [0.1, 0.15) is 11.6 Å². The molecule has 1 saturated heterocycles. The van der Waals surface area contributed by atoms with Crippen molar-refractivity contribution in [3.05, 3.63) is 60.2 Å². The van der Waals surface area contributed by atoms with Gasteiger partial charge in [-0.25, -0.2) is 0 Å². The Labute approximate surface area is 197 Å². The smallest absolute Gasteiger partial charge is 0.193 e. The fourth-order valence-electron chi connectivity index (χ4n) is 3.78. The minimum Gasteiger partial charge on any atom is -0.497 e. The molecule has 0 saturated carbocycles. The summed E-state index contributed by atoms with van der Waals surface area (Å²) in [6, 6.07) is 19.1. The number of rotatable bonds is 6. The van der Waals surface area contributed by atoms with Crippen LogP contribution in [0.5, 0.6) is 5.75 Å². The third-order valence-corrected chi connectivity index (χ3v) is 5.47. The summed E-state index contributed by atoms with van der Waals surface area (Å²) in [5, 5.41) is 3.59. The Hall–Kier alpha value is -2.00. The van der Waals surface area contributed by atoms with Crippen LogP contribution in [0.2, 0.25) is 0 Å². The number of hydrogen-bond acceptors (Lipinski definition) is 4. The molecule has 1 aliphatic rings. The van der Waals surface area contributed by atoms with Gasteiger partial charge in [0.15, 0.2) is 5.96 Å². The fraction of sp³-hybridized carbons (Fsp3) is 0.435. The first-order chi connectivity index (χ1) is 14.1. The second kappa shape index (κ2) is 12.0. The zero-order chi connectivity index (χ0) is 20.6. The molecule has 0 aromatic heterocycles. The summed E-state index contributed by atoms with van der Waals surface area (Å²) in [4.78, 5) is 11.5. The number of aliphatic imine (C=N–C) groups is 1. The standard InChI is InChI=1S/C23H33N5O.HI/c1-24-23(28-15-13-27(14-16-28)20-10-6-5-7-11-20)25-18-22(26(2)3)19-9-8-12-21(17-19)29-4;/h5-12,17,22H,13-16,18H2,1-4H3,(H,24,25);1H. The SMILES string of the molecule is CN=C(NCC(c1cccc(OC)c1)N(C)C)N1CCN(c2ccccc2)CC1.I. The second-order valence-electron chi connectivity index (χ2n) is 7.49. The van der Waals surface area contributed by atoms with Gasteiger partial charge in [0.25, 0.3) is 0 Å². The molecule has 1 atom stereocenters. The Balaban J connectivity index is 0.00000320. The van der Waals surface area contributed by atoms with Crippen LogP contribution in [0.25, 0.3) is 0 Å². The van der Waals surface area contributed by atoms with Gasteiger partial charge in [-0.3, -0.25) is 4.99 Å². The van der Waals surface area contributed by atoms with E-state index in [-0.39, 0.29) is 30.0 Å². The maximum absolute atomic E-state index is 5.40. The molecule has 6 nitrogen and oxygen atoms in total. The van der Waals surface area contributed by atoms with Crippen LogP contribution < -0.4 is 15.0 Å². The topological polar surface area (TPSA) is 43.3 Å². The average Bonchev–Trinajstić information content (AvgIpc) is 2.77. The Bertz CT molecular complexity index is 791. The molecule has 30 heavy (non-hydrogen) atoms. The lowest BCUT2D eigenvalue weighted by atomic mass is 10.1. The maximum atomic E-state index is 5.40. The van der Waals surface area contributed by atoms with Gasteiger partial charge in [0.1, 0.15) is 5.75 Å². The van der Waals surface area contributed by atoms with Crippen molar-refractivity contribution < 1.29 is 4.74 Å². The number of methoxy groups -OCH3 is 1. The molecular weight excluding hydrogens is 489 g/mol. The van der Waals surface area contributed by atoms with Gasteiger partial charge in [-0.1, -0.05) is 30.3 Å². The number of benzene rings is 2. The molecule has 0 amide bonds. The quantitative estimate of drug-likeness (QED) is 0.358. The molecule has 3 rings (SSSR count). The summed E-state index contributed by atoms with van der Waals surface area (Å²) in [6.07, 6.45) is 0. The summed E-state index contributed by atoms with van der Waals surface area (Å²) in [7, 11) is 7.78. The van der Waals surface area contributed by atoms with Crippen LogP contribution in [0.3, 0.4) is 0 Å². The summed E-state index contributed by atoms with van der Waals surface area (Å²) in [5.41, 5.74) is 2.52. The second-order valence-corrected chi connectivity index (χ2v) is 7.49. The number of piperazine rings is 1. The van der Waals surface area contributed by atoms with Crippen LogP contribution in [0.15, 0.2) is 59.6 Å². The Morgan fingerprint density at radius 3 is 2.37 bits per heavy atom. The highest BCUT2D eigenvalue weighted by molar-refractivity contribution is 14.0. The molecule has 0 bridgehead atoms. The summed E-state index contributed by atoms with van der Waals surface area (Å²) >= 11 is 0. The van der Waals surface area contributed by atoms with Crippen molar-refractivity contribution in [1.82, 2.24) is 15.1 Å². The molecule has 0 aliphatic carbocycles. The van der Waals surface area contributed by atoms with E-state index >= 15 is 0 Å². The lowest BCUT2D eigenvalue weighted by Crippen LogP contribution is -2.53. The third-order valence-electron chi connectivity index (χ3n) is 5.47. The van der Waals surface area contributed by atoms with E-state index in [1.54, 1.807) is 7.11 Å². The van der Waals surface area contributed by atoms with Crippen molar-refractivity contribution in [3.63, 3.8) is 0 Å². The number of likely N-dealkylation sites (N-methyl/N-ethyl adjacent to an activating group) is 1. The normalized spacial score (nSPS) is 15.6. The van der Waals surface area contributed by atoms with Gasteiger partial charge in [-0.2, -0.15) is 0 Å². The monoisotopic (exact) mass is 523 g/mol. The van der Waals surface area contributed by atoms with Crippen molar-refractivity contribution in [2.24, 2.45) is 4.99 Å². The number of nitrogens with one attached hydrogen (secondary N) is 1. The number of para-hydroxylation sites is 1. The molecule has 1 unspecified atom stereocenters. The van der Waals surface area contributed by atoms with Crippen molar-refractivity contribution in [1.29, 1.82) is 0 Å². The number of guanidine groups is 1. The van der Waals surface area contributed by atoms with E-state index in [0.29, 0.717) is 0 Å². The number of anilines is 1. The zero-order valence-corrected chi connectivity index (χ0v) is 20.7. The molecule has 164 valence electrons. The van der Waals surface area contributed by atoms with Gasteiger partial charge in [0.05, 0.1) is 13.2 Å². The van der Waals surface area contributed by atoms with Gasteiger partial charge in [-0.15, -0.1) is 24.0 Å². The van der Waals surface area contributed by atoms with Crippen LogP contribution in [-0.4, -0.2) is 76.7 Å². The maximum Gasteiger partial charge on any atom is 0.193 e. The van der Waals surface area contributed by atoms with Gasteiger partial charge in [0.2, 0.25) is 0 Å². The van der Waals surface area contributed by atoms with E-state index in [0.717, 1.165) is 44.4 Å². The van der Waals surface area contributed by atoms with E-state index in [4.69, 9.17) is 4.74 Å². The molecule has 1 fully saturated rings. The number of ether oxygens (including phenoxy) is 1. The Morgan fingerprint density at radius 1 is 1.07 bits per heavy atom. The Morgan fingerprint density at radius 2 is 1.77 bits per heavy atom. The van der Waals surface area contributed by atoms with E-state index in [1.165, 1.54) is 11.3 Å². The number of halogens is 1. The van der Waals surface area contributed by atoms with Crippen molar-refractivity contribution >= 4 is 35.6 Å². The zero-order valence-electron chi connectivity index (χ0n) is 18.4. The summed E-state index contributed by atoms with van der Waals surface area (Å²) in [5.74, 6) is 1.85. The van der Waals surface area contributed by atoms with Gasteiger partial charge in [-0.05, 0) is 43.9 Å². The van der Waals surface area contributed by atoms with Crippen LogP contribution in [0.4, 0.5) is 5.69 Å². The molecule has 7 heteroatoms. The first-order valence-electron chi connectivity index (χ1n) is 10.2. The molecular formula is C23H34IN5O. The van der Waals surface area contributed by atoms with Crippen LogP contribution >= 0.6 is 24.0 Å². The molecule has 2 aromatic rings. The molecule has 1 aliphatic heterocycles. The van der Waals surface area contributed by atoms with Crippen molar-refractivity contribution in [3.8, 4) is 5.75 Å². The molecule has 1 N–H and O–H groups in total. The van der Waals surface area contributed by atoms with Gasteiger partial charge >= 0.3 is 0 Å². The van der Waals surface area contributed by atoms with E-state index in [2.05, 4.69) is 81.6 Å².